The van der Waals surface area contributed by atoms with Crippen molar-refractivity contribution in [1.29, 1.82) is 5.26 Å². The van der Waals surface area contributed by atoms with Crippen molar-refractivity contribution >= 4 is 0 Å². The van der Waals surface area contributed by atoms with Gasteiger partial charge in [0, 0.05) is 32.9 Å². The average Bonchev–Trinajstić information content (AvgIpc) is 2.56. The molecule has 0 amide bonds. The van der Waals surface area contributed by atoms with E-state index in [1.54, 1.807) is 4.57 Å². The molecule has 0 saturated heterocycles. The van der Waals surface area contributed by atoms with Crippen molar-refractivity contribution in [1.82, 2.24) is 14.8 Å². The van der Waals surface area contributed by atoms with E-state index in [0.717, 1.165) is 5.56 Å². The quantitative estimate of drug-likeness (QED) is 0.762. The molecule has 2 N–H and O–H groups in total. The summed E-state index contributed by atoms with van der Waals surface area (Å²) in [6.07, 6.45) is 1.92. The maximum atomic E-state index is 10.1. The first-order chi connectivity index (χ1) is 8.34. The Hall–Kier alpha value is -1.35. The fraction of sp³-hybridized carbons (Fsp3) is 0.615. The summed E-state index contributed by atoms with van der Waals surface area (Å²) in [4.78, 5) is 1.96. The van der Waals surface area contributed by atoms with Gasteiger partial charge in [-0.2, -0.15) is 5.26 Å². The standard InChI is InChI=1S/C13H22N4O/c1-13(18,10-16(2)3)9-15-7-11-5-12(6-14)17(4)8-11/h5,8,15,18H,7,9-10H2,1-4H3. The van der Waals surface area contributed by atoms with E-state index in [-0.39, 0.29) is 0 Å². The Morgan fingerprint density at radius 3 is 2.72 bits per heavy atom. The lowest BCUT2D eigenvalue weighted by Crippen LogP contribution is -2.45. The van der Waals surface area contributed by atoms with Crippen LogP contribution in [0, 0.1) is 11.3 Å². The molecule has 1 atom stereocenters. The van der Waals surface area contributed by atoms with Gasteiger partial charge in [0.15, 0.2) is 0 Å². The van der Waals surface area contributed by atoms with Gasteiger partial charge in [-0.05, 0) is 32.6 Å². The molecule has 1 heterocycles. The Bertz CT molecular complexity index is 429. The van der Waals surface area contributed by atoms with Crippen LogP contribution in [0.2, 0.25) is 0 Å². The highest BCUT2D eigenvalue weighted by Crippen LogP contribution is 2.07. The number of aliphatic hydroxyl groups is 1. The number of aromatic nitrogens is 1. The summed E-state index contributed by atoms with van der Waals surface area (Å²) in [7, 11) is 5.72. The molecule has 1 aromatic heterocycles. The summed E-state index contributed by atoms with van der Waals surface area (Å²) in [5.41, 5.74) is 0.942. The highest BCUT2D eigenvalue weighted by molar-refractivity contribution is 5.28. The first-order valence-corrected chi connectivity index (χ1v) is 5.97. The van der Waals surface area contributed by atoms with Gasteiger partial charge in [0.05, 0.1) is 5.60 Å². The largest absolute Gasteiger partial charge is 0.388 e. The molecule has 0 aliphatic carbocycles. The van der Waals surface area contributed by atoms with Gasteiger partial charge in [-0.15, -0.1) is 0 Å². The third kappa shape index (κ3) is 4.49. The van der Waals surface area contributed by atoms with Crippen LogP contribution in [-0.2, 0) is 13.6 Å². The summed E-state index contributed by atoms with van der Waals surface area (Å²) in [5.74, 6) is 0. The van der Waals surface area contributed by atoms with E-state index in [9.17, 15) is 5.11 Å². The lowest BCUT2D eigenvalue weighted by molar-refractivity contribution is 0.0336. The molecule has 1 rings (SSSR count). The van der Waals surface area contributed by atoms with Crippen LogP contribution >= 0.6 is 0 Å². The molecule has 0 fully saturated rings. The monoisotopic (exact) mass is 250 g/mol. The SMILES string of the molecule is CN(C)CC(C)(O)CNCc1cc(C#N)n(C)c1. The Labute approximate surface area is 109 Å². The number of rotatable bonds is 6. The lowest BCUT2D eigenvalue weighted by atomic mass is 10.1. The number of nitrogens with zero attached hydrogens (tertiary/aromatic N) is 3. The number of hydrogen-bond acceptors (Lipinski definition) is 4. The fourth-order valence-electron chi connectivity index (χ4n) is 2.05. The van der Waals surface area contributed by atoms with E-state index in [0.29, 0.717) is 25.3 Å². The Morgan fingerprint density at radius 1 is 1.56 bits per heavy atom. The molecule has 1 unspecified atom stereocenters. The maximum absolute atomic E-state index is 10.1. The van der Waals surface area contributed by atoms with Crippen molar-refractivity contribution in [2.45, 2.75) is 19.1 Å². The highest BCUT2D eigenvalue weighted by Gasteiger charge is 2.20. The number of nitriles is 1. The molecule has 0 saturated carbocycles. The zero-order valence-corrected chi connectivity index (χ0v) is 11.6. The molecule has 0 aromatic carbocycles. The smallest absolute Gasteiger partial charge is 0.120 e. The topological polar surface area (TPSA) is 64.2 Å². The van der Waals surface area contributed by atoms with Crippen molar-refractivity contribution in [3.63, 3.8) is 0 Å². The summed E-state index contributed by atoms with van der Waals surface area (Å²) in [6, 6.07) is 3.98. The van der Waals surface area contributed by atoms with Crippen molar-refractivity contribution in [2.75, 3.05) is 27.2 Å². The Morgan fingerprint density at radius 2 is 2.22 bits per heavy atom. The number of aryl methyl sites for hydroxylation is 1. The summed E-state index contributed by atoms with van der Waals surface area (Å²) in [5, 5.41) is 22.2. The van der Waals surface area contributed by atoms with Crippen LogP contribution in [0.1, 0.15) is 18.2 Å². The van der Waals surface area contributed by atoms with Crippen LogP contribution in [0.4, 0.5) is 0 Å². The molecule has 0 bridgehead atoms. The van der Waals surface area contributed by atoms with Crippen LogP contribution < -0.4 is 5.32 Å². The minimum absolute atomic E-state index is 0.516. The molecule has 5 heteroatoms. The minimum atomic E-state index is -0.754. The van der Waals surface area contributed by atoms with E-state index < -0.39 is 5.60 Å². The zero-order valence-electron chi connectivity index (χ0n) is 11.6. The number of nitrogens with one attached hydrogen (secondary N) is 1. The third-order valence-electron chi connectivity index (χ3n) is 2.67. The molecule has 0 aliphatic heterocycles. The Kier molecular flexibility index (Phi) is 4.91. The van der Waals surface area contributed by atoms with Gasteiger partial charge in [-0.25, -0.2) is 0 Å². The molecular formula is C13H22N4O. The van der Waals surface area contributed by atoms with Crippen LogP contribution in [0.25, 0.3) is 0 Å². The van der Waals surface area contributed by atoms with Gasteiger partial charge in [-0.3, -0.25) is 0 Å². The average molecular weight is 250 g/mol. The van der Waals surface area contributed by atoms with E-state index in [4.69, 9.17) is 5.26 Å². The lowest BCUT2D eigenvalue weighted by Gasteiger charge is -2.27. The molecular weight excluding hydrogens is 228 g/mol. The van der Waals surface area contributed by atoms with Crippen molar-refractivity contribution in [3.8, 4) is 6.07 Å². The van der Waals surface area contributed by atoms with Crippen LogP contribution in [0.15, 0.2) is 12.3 Å². The normalized spacial score (nSPS) is 14.5. The summed E-state index contributed by atoms with van der Waals surface area (Å²) in [6.45, 7) is 3.59. The van der Waals surface area contributed by atoms with Crippen molar-refractivity contribution in [2.24, 2.45) is 7.05 Å². The van der Waals surface area contributed by atoms with Crippen molar-refractivity contribution < 1.29 is 5.11 Å². The van der Waals surface area contributed by atoms with Gasteiger partial charge in [0.25, 0.3) is 0 Å². The molecule has 100 valence electrons. The Balaban J connectivity index is 2.44. The highest BCUT2D eigenvalue weighted by atomic mass is 16.3. The van der Waals surface area contributed by atoms with Gasteiger partial charge in [0.1, 0.15) is 11.8 Å². The second-order valence-corrected chi connectivity index (χ2v) is 5.29. The first-order valence-electron chi connectivity index (χ1n) is 5.97. The first kappa shape index (κ1) is 14.7. The van der Waals surface area contributed by atoms with Gasteiger partial charge in [0.2, 0.25) is 0 Å². The van der Waals surface area contributed by atoms with Crippen LogP contribution in [-0.4, -0.2) is 47.4 Å². The maximum Gasteiger partial charge on any atom is 0.120 e. The third-order valence-corrected chi connectivity index (χ3v) is 2.67. The second kappa shape index (κ2) is 6.01. The summed E-state index contributed by atoms with van der Waals surface area (Å²) < 4.78 is 1.80. The molecule has 5 nitrogen and oxygen atoms in total. The van der Waals surface area contributed by atoms with Gasteiger partial charge >= 0.3 is 0 Å². The molecule has 0 radical (unpaired) electrons. The minimum Gasteiger partial charge on any atom is -0.388 e. The predicted molar refractivity (Wildman–Crippen MR) is 71.0 cm³/mol. The molecule has 0 spiro atoms. The van der Waals surface area contributed by atoms with E-state index in [1.165, 1.54) is 0 Å². The van der Waals surface area contributed by atoms with E-state index in [1.807, 2.05) is 45.2 Å². The molecule has 0 aliphatic rings. The predicted octanol–water partition coefficient (Wildman–Crippen LogP) is 0.299. The van der Waals surface area contributed by atoms with Crippen LogP contribution in [0.5, 0.6) is 0 Å². The molecule has 1 aromatic rings. The molecule has 18 heavy (non-hydrogen) atoms. The fourth-order valence-corrected chi connectivity index (χ4v) is 2.05. The van der Waals surface area contributed by atoms with Gasteiger partial charge in [-0.1, -0.05) is 0 Å². The zero-order chi connectivity index (χ0) is 13.8. The second-order valence-electron chi connectivity index (χ2n) is 5.29. The number of likely N-dealkylation sites (N-methyl/N-ethyl adjacent to an activating group) is 1. The van der Waals surface area contributed by atoms with E-state index >= 15 is 0 Å². The van der Waals surface area contributed by atoms with Crippen molar-refractivity contribution in [3.05, 3.63) is 23.5 Å². The summed E-state index contributed by atoms with van der Waals surface area (Å²) >= 11 is 0. The van der Waals surface area contributed by atoms with Crippen LogP contribution in [0.3, 0.4) is 0 Å². The number of hydrogen-bond donors (Lipinski definition) is 2. The van der Waals surface area contributed by atoms with Gasteiger partial charge < -0.3 is 19.9 Å². The van der Waals surface area contributed by atoms with E-state index in [2.05, 4.69) is 11.4 Å².